The van der Waals surface area contributed by atoms with Gasteiger partial charge in [-0.2, -0.15) is 18.2 Å². The molecule has 5 rings (SSSR count). The molecule has 1 fully saturated rings. The van der Waals surface area contributed by atoms with Gasteiger partial charge in [0, 0.05) is 17.7 Å². The second-order valence-corrected chi connectivity index (χ2v) is 8.78. The van der Waals surface area contributed by atoms with E-state index in [0.29, 0.717) is 30.9 Å². The number of carbonyl (C=O) groups is 1. The highest BCUT2D eigenvalue weighted by Crippen LogP contribution is 2.39. The maximum atomic E-state index is 13.7. The van der Waals surface area contributed by atoms with Gasteiger partial charge in [-0.1, -0.05) is 47.6 Å². The van der Waals surface area contributed by atoms with E-state index in [1.54, 1.807) is 18.2 Å². The third kappa shape index (κ3) is 4.13. The van der Waals surface area contributed by atoms with E-state index < -0.39 is 17.5 Å². The summed E-state index contributed by atoms with van der Waals surface area (Å²) in [5.41, 5.74) is 1.36. The molecule has 3 heterocycles. The lowest BCUT2D eigenvalue weighted by molar-refractivity contribution is -0.159. The Labute approximate surface area is 193 Å². The van der Waals surface area contributed by atoms with E-state index >= 15 is 0 Å². The first kappa shape index (κ1) is 22.4. The van der Waals surface area contributed by atoms with Gasteiger partial charge < -0.3 is 18.9 Å². The molecule has 10 heteroatoms. The Kier molecular flexibility index (Phi) is 5.55. The van der Waals surface area contributed by atoms with Crippen molar-refractivity contribution in [2.24, 2.45) is 5.41 Å². The number of rotatable bonds is 3. The van der Waals surface area contributed by atoms with Crippen LogP contribution in [0.25, 0.3) is 11.4 Å². The number of ether oxygens (including phenoxy) is 2. The van der Waals surface area contributed by atoms with Gasteiger partial charge in [0.1, 0.15) is 12.4 Å². The number of benzene rings is 2. The Balaban J connectivity index is 1.49. The smallest absolute Gasteiger partial charge is 0.471 e. The highest BCUT2D eigenvalue weighted by molar-refractivity contribution is 5.83. The van der Waals surface area contributed by atoms with Crippen LogP contribution in [0.15, 0.2) is 53.1 Å². The SMILES string of the molecule is C[C@]1(C(=O)N2Cc3ccc(-c4noc(C(F)(F)F)n4)cc3OC[C@@H]2c2ccccc2)CCOC1. The van der Waals surface area contributed by atoms with Crippen LogP contribution in [0.3, 0.4) is 0 Å². The summed E-state index contributed by atoms with van der Waals surface area (Å²) in [6.45, 7) is 3.27. The molecule has 0 N–H and O–H groups in total. The van der Waals surface area contributed by atoms with Gasteiger partial charge in [-0.25, -0.2) is 0 Å². The molecule has 2 aromatic carbocycles. The van der Waals surface area contributed by atoms with Crippen LogP contribution < -0.4 is 4.74 Å². The number of hydrogen-bond acceptors (Lipinski definition) is 6. The molecular weight excluding hydrogens is 451 g/mol. The molecule has 0 saturated carbocycles. The molecule has 7 nitrogen and oxygen atoms in total. The van der Waals surface area contributed by atoms with Crippen molar-refractivity contribution in [2.45, 2.75) is 32.1 Å². The quantitative estimate of drug-likeness (QED) is 0.552. The second kappa shape index (κ2) is 8.43. The van der Waals surface area contributed by atoms with Gasteiger partial charge in [0.15, 0.2) is 0 Å². The van der Waals surface area contributed by atoms with E-state index in [4.69, 9.17) is 9.47 Å². The van der Waals surface area contributed by atoms with Crippen LogP contribution in [-0.2, 0) is 22.3 Å². The molecule has 178 valence electrons. The lowest BCUT2D eigenvalue weighted by Crippen LogP contribution is -2.45. The third-order valence-electron chi connectivity index (χ3n) is 6.29. The molecule has 0 bridgehead atoms. The number of amides is 1. The van der Waals surface area contributed by atoms with Gasteiger partial charge in [-0.3, -0.25) is 4.79 Å². The molecular formula is C24H22F3N3O4. The van der Waals surface area contributed by atoms with E-state index in [1.807, 2.05) is 42.2 Å². The van der Waals surface area contributed by atoms with Crippen molar-refractivity contribution in [3.05, 3.63) is 65.5 Å². The van der Waals surface area contributed by atoms with Crippen LogP contribution in [0, 0.1) is 5.41 Å². The van der Waals surface area contributed by atoms with Gasteiger partial charge in [0.2, 0.25) is 11.7 Å². The van der Waals surface area contributed by atoms with Crippen molar-refractivity contribution >= 4 is 5.91 Å². The van der Waals surface area contributed by atoms with Crippen LogP contribution in [0.4, 0.5) is 13.2 Å². The van der Waals surface area contributed by atoms with Gasteiger partial charge in [0.25, 0.3) is 0 Å². The predicted molar refractivity (Wildman–Crippen MR) is 114 cm³/mol. The summed E-state index contributed by atoms with van der Waals surface area (Å²) in [6.07, 6.45) is -4.09. The average Bonchev–Trinajstić information content (AvgIpc) is 3.45. The molecule has 34 heavy (non-hydrogen) atoms. The van der Waals surface area contributed by atoms with Crippen LogP contribution in [0.1, 0.15) is 36.4 Å². The van der Waals surface area contributed by atoms with Gasteiger partial charge in [-0.15, -0.1) is 0 Å². The zero-order valence-corrected chi connectivity index (χ0v) is 18.3. The molecule has 2 aliphatic rings. The largest absolute Gasteiger partial charge is 0.491 e. The Morgan fingerprint density at radius 2 is 1.97 bits per heavy atom. The van der Waals surface area contributed by atoms with Crippen LogP contribution in [-0.4, -0.2) is 40.8 Å². The fourth-order valence-corrected chi connectivity index (χ4v) is 4.31. The maximum Gasteiger partial charge on any atom is 0.471 e. The zero-order chi connectivity index (χ0) is 23.9. The molecule has 2 atom stereocenters. The Hall–Kier alpha value is -3.40. The Bertz CT molecular complexity index is 1190. The summed E-state index contributed by atoms with van der Waals surface area (Å²) in [4.78, 5) is 19.0. The first-order valence-corrected chi connectivity index (χ1v) is 10.9. The minimum Gasteiger partial charge on any atom is -0.491 e. The van der Waals surface area contributed by atoms with Crippen LogP contribution in [0.5, 0.6) is 5.75 Å². The van der Waals surface area contributed by atoms with Crippen LogP contribution >= 0.6 is 0 Å². The molecule has 2 aliphatic heterocycles. The summed E-state index contributed by atoms with van der Waals surface area (Å²) in [5, 5.41) is 3.45. The summed E-state index contributed by atoms with van der Waals surface area (Å²) in [7, 11) is 0. The fourth-order valence-electron chi connectivity index (χ4n) is 4.31. The molecule has 0 spiro atoms. The van der Waals surface area contributed by atoms with E-state index in [9.17, 15) is 18.0 Å². The van der Waals surface area contributed by atoms with Crippen molar-refractivity contribution in [3.63, 3.8) is 0 Å². The Morgan fingerprint density at radius 3 is 2.65 bits per heavy atom. The third-order valence-corrected chi connectivity index (χ3v) is 6.29. The number of aromatic nitrogens is 2. The maximum absolute atomic E-state index is 13.7. The zero-order valence-electron chi connectivity index (χ0n) is 18.3. The molecule has 0 unspecified atom stereocenters. The second-order valence-electron chi connectivity index (χ2n) is 8.78. The van der Waals surface area contributed by atoms with Crippen LogP contribution in [0.2, 0.25) is 0 Å². The van der Waals surface area contributed by atoms with Gasteiger partial charge >= 0.3 is 12.1 Å². The summed E-state index contributed by atoms with van der Waals surface area (Å²) < 4.78 is 54.5. The highest BCUT2D eigenvalue weighted by atomic mass is 19.4. The minimum atomic E-state index is -4.72. The monoisotopic (exact) mass is 473 g/mol. The van der Waals surface area contributed by atoms with E-state index in [-0.39, 0.29) is 30.9 Å². The molecule has 1 aromatic heterocycles. The van der Waals surface area contributed by atoms with E-state index in [0.717, 1.165) is 11.1 Å². The molecule has 0 aliphatic carbocycles. The fraction of sp³-hybridized carbons (Fsp3) is 0.375. The van der Waals surface area contributed by atoms with Crippen molar-refractivity contribution < 1.29 is 32.0 Å². The van der Waals surface area contributed by atoms with Crippen molar-refractivity contribution in [1.29, 1.82) is 0 Å². The molecule has 1 amide bonds. The number of carbonyl (C=O) groups excluding carboxylic acids is 1. The number of hydrogen-bond donors (Lipinski definition) is 0. The highest BCUT2D eigenvalue weighted by Gasteiger charge is 2.43. The first-order valence-electron chi connectivity index (χ1n) is 10.9. The van der Waals surface area contributed by atoms with Gasteiger partial charge in [0.05, 0.1) is 24.6 Å². The molecule has 3 aromatic rings. The predicted octanol–water partition coefficient (Wildman–Crippen LogP) is 4.64. The summed E-state index contributed by atoms with van der Waals surface area (Å²) in [5.74, 6) is -1.16. The number of nitrogens with zero attached hydrogens (tertiary/aromatic N) is 3. The van der Waals surface area contributed by atoms with Gasteiger partial charge in [-0.05, 0) is 25.0 Å². The average molecular weight is 473 g/mol. The number of alkyl halides is 3. The number of halogens is 3. The first-order chi connectivity index (χ1) is 16.2. The number of fused-ring (bicyclic) bond motifs is 1. The topological polar surface area (TPSA) is 77.7 Å². The van der Waals surface area contributed by atoms with E-state index in [1.165, 1.54) is 0 Å². The van der Waals surface area contributed by atoms with Crippen molar-refractivity contribution in [2.75, 3.05) is 19.8 Å². The van der Waals surface area contributed by atoms with Crippen molar-refractivity contribution in [1.82, 2.24) is 15.0 Å². The summed E-state index contributed by atoms with van der Waals surface area (Å²) >= 11 is 0. The Morgan fingerprint density at radius 1 is 1.18 bits per heavy atom. The lowest BCUT2D eigenvalue weighted by Gasteiger charge is -2.35. The normalized spacial score (nSPS) is 22.7. The minimum absolute atomic E-state index is 0.0210. The summed E-state index contributed by atoms with van der Waals surface area (Å²) in [6, 6.07) is 14.2. The lowest BCUT2D eigenvalue weighted by atomic mass is 9.87. The van der Waals surface area contributed by atoms with E-state index in [2.05, 4.69) is 14.7 Å². The van der Waals surface area contributed by atoms with Crippen molar-refractivity contribution in [3.8, 4) is 17.1 Å². The molecule has 1 saturated heterocycles. The standard InChI is InChI=1S/C24H22F3N3O4/c1-23(9-10-32-14-23)22(31)30-12-17-8-7-16(20-28-21(34-29-20)24(25,26)27)11-19(17)33-13-18(30)15-5-3-2-4-6-15/h2-8,11,18H,9-10,12-14H2,1H3/t18-,23+/m1/s1. The molecule has 0 radical (unpaired) electrons.